The first-order valence-corrected chi connectivity index (χ1v) is 18.2. The zero-order valence-electron chi connectivity index (χ0n) is 25.2. The van der Waals surface area contributed by atoms with Gasteiger partial charge in [-0.2, -0.15) is 0 Å². The summed E-state index contributed by atoms with van der Waals surface area (Å²) >= 11 is 0. The second-order valence-corrected chi connectivity index (χ2v) is 19.5. The first-order chi connectivity index (χ1) is 19.2. The molecule has 0 aliphatic heterocycles. The van der Waals surface area contributed by atoms with E-state index in [9.17, 15) is 4.79 Å². The molecule has 0 radical (unpaired) electrons. The molecule has 41 heavy (non-hydrogen) atoms. The molecule has 0 aromatic heterocycles. The van der Waals surface area contributed by atoms with Gasteiger partial charge in [-0.05, 0) is 96.9 Å². The van der Waals surface area contributed by atoms with Crippen molar-refractivity contribution in [3.8, 4) is 29.8 Å². The van der Waals surface area contributed by atoms with E-state index < -0.39 is 10.7 Å². The fourth-order valence-corrected chi connectivity index (χ4v) is 9.75. The Morgan fingerprint density at radius 1 is 0.829 bits per heavy atom. The van der Waals surface area contributed by atoms with Gasteiger partial charge < -0.3 is 0 Å². The fourth-order valence-electron chi connectivity index (χ4n) is 8.92. The van der Waals surface area contributed by atoms with Gasteiger partial charge in [0.15, 0.2) is 5.78 Å². The summed E-state index contributed by atoms with van der Waals surface area (Å²) in [4.78, 5) is 18.2. The van der Waals surface area contributed by atoms with Crippen LogP contribution in [0.4, 0.5) is 0 Å². The van der Waals surface area contributed by atoms with Crippen molar-refractivity contribution in [3.05, 3.63) is 12.2 Å². The van der Waals surface area contributed by atoms with Crippen LogP contribution in [0, 0.1) is 114 Å². The van der Waals surface area contributed by atoms with Gasteiger partial charge in [0.1, 0.15) is 0 Å². The van der Waals surface area contributed by atoms with Gasteiger partial charge in [0, 0.05) is 6.42 Å². The van der Waals surface area contributed by atoms with Crippen LogP contribution < -0.4 is 0 Å². The summed E-state index contributed by atoms with van der Waals surface area (Å²) in [7, 11) is -6.17. The van der Waals surface area contributed by atoms with E-state index in [1.54, 1.807) is 0 Å². The van der Waals surface area contributed by atoms with E-state index in [1.807, 2.05) is 6.08 Å². The Morgan fingerprint density at radius 2 is 1.41 bits per heavy atom. The van der Waals surface area contributed by atoms with Crippen molar-refractivity contribution in [3.63, 3.8) is 0 Å². The molecule has 0 saturated heterocycles. The zero-order chi connectivity index (χ0) is 30.8. The molecule has 0 N–H and O–H groups in total. The van der Waals surface area contributed by atoms with Crippen molar-refractivity contribution in [2.24, 2.45) is 52.3 Å². The molecule has 4 aliphatic carbocycles. The van der Waals surface area contributed by atoms with Crippen LogP contribution in [-0.4, -0.2) is 5.78 Å². The number of carbonyl (C=O) groups excluding carboxylic acids is 1. The van der Waals surface area contributed by atoms with Crippen molar-refractivity contribution in [2.45, 2.75) is 98.8 Å². The van der Waals surface area contributed by atoms with Crippen molar-refractivity contribution < 1.29 is 15.5 Å². The van der Waals surface area contributed by atoms with Crippen molar-refractivity contribution in [1.29, 1.82) is 31.6 Å². The van der Waals surface area contributed by atoms with Gasteiger partial charge in [-0.15, -0.1) is 0 Å². The van der Waals surface area contributed by atoms with E-state index in [1.165, 1.54) is 57.8 Å². The number of carbonyl (C=O) groups is 1. The zero-order valence-corrected chi connectivity index (χ0v) is 26.3. The first-order valence-electron chi connectivity index (χ1n) is 14.9. The molecule has 3 saturated carbocycles. The summed E-state index contributed by atoms with van der Waals surface area (Å²) in [6, 6.07) is 0. The normalized spacial score (nSPS) is 35.8. The minimum atomic E-state index is -6.17. The molecular formula is C33H44FeN6O. The maximum absolute atomic E-state index is 12.0. The van der Waals surface area contributed by atoms with Crippen LogP contribution in [0.15, 0.2) is 12.2 Å². The van der Waals surface area contributed by atoms with Gasteiger partial charge in [-0.25, -0.2) is 0 Å². The van der Waals surface area contributed by atoms with Crippen molar-refractivity contribution in [1.82, 2.24) is 0 Å². The van der Waals surface area contributed by atoms with Gasteiger partial charge in [0.2, 0.25) is 0 Å². The van der Waals surface area contributed by atoms with E-state index in [4.69, 9.17) is 31.6 Å². The average Bonchev–Trinajstić information content (AvgIpc) is 3.34. The number of ketones is 1. The number of nitriles is 6. The molecule has 7 nitrogen and oxygen atoms in total. The van der Waals surface area contributed by atoms with Crippen molar-refractivity contribution in [2.75, 3.05) is 0 Å². The van der Waals surface area contributed by atoms with Crippen LogP contribution in [0.3, 0.4) is 0 Å². The minimum absolute atomic E-state index is 0.291. The molecule has 8 heteroatoms. The Balaban J connectivity index is 0.000000302. The summed E-state index contributed by atoms with van der Waals surface area (Å²) in [6.07, 6.45) is 17.8. The predicted octanol–water partition coefficient (Wildman–Crippen LogP) is 7.55. The second kappa shape index (κ2) is 10.9. The predicted molar refractivity (Wildman–Crippen MR) is 152 cm³/mol. The molecule has 220 valence electrons. The molecule has 0 amide bonds. The number of allylic oxidation sites excluding steroid dienone is 2. The molecule has 4 rings (SSSR count). The number of hydrogen-bond donors (Lipinski definition) is 0. The summed E-state index contributed by atoms with van der Waals surface area (Å²) < 4.78 is 0. The fraction of sp³-hybridized carbons (Fsp3) is 0.727. The molecule has 4 aliphatic rings. The molecule has 0 spiro atoms. The van der Waals surface area contributed by atoms with E-state index in [2.05, 4.69) is 40.7 Å². The number of rotatable bonds is 5. The summed E-state index contributed by atoms with van der Waals surface area (Å²) in [6.45, 7) is 12.5. The number of hydrogen-bond acceptors (Lipinski definition) is 7. The average molecular weight is 597 g/mol. The number of nitrogens with zero attached hydrogens (tertiary/aromatic N) is 6. The van der Waals surface area contributed by atoms with Crippen LogP contribution in [0.2, 0.25) is 0 Å². The van der Waals surface area contributed by atoms with Gasteiger partial charge in [-0.3, -0.25) is 4.79 Å². The molecule has 0 aromatic rings. The SMILES string of the molecule is CC(C)CCC[C@@H](C)[C@H]1CCC2C3CCC4CC(=O)C=C[C@]4(C)C3CC[C@@]21C.N#[C][Fe]([C]#N)([C]#N)([C]#N)([C]#N)[C]#N. The van der Waals surface area contributed by atoms with E-state index >= 15 is 0 Å². The topological polar surface area (TPSA) is 160 Å². The molecule has 3 fully saturated rings. The summed E-state index contributed by atoms with van der Waals surface area (Å²) in [5.74, 6) is 6.34. The Kier molecular flexibility index (Phi) is 8.64. The second-order valence-electron chi connectivity index (χ2n) is 13.9. The van der Waals surface area contributed by atoms with E-state index in [-0.39, 0.29) is 0 Å². The standard InChI is InChI=1S/C27H44O.6CN.Fe/c1-18(2)7-6-8-19(3)23-11-12-24-22-10-9-20-17-21(28)13-15-26(20,4)25(22)14-16-27(23,24)5;6*1-2;/h13,15,18-20,22-25H,6-12,14,16-17H2,1-5H3;;;;;;;/t19-,20?,22?,23-,24?,25?,26+,27-;;;;;;;/m1......./s1. The monoisotopic (exact) mass is 596 g/mol. The Hall–Kier alpha value is -3.13. The molecule has 0 heterocycles. The third-order valence-corrected chi connectivity index (χ3v) is 15.1. The van der Waals surface area contributed by atoms with Crippen LogP contribution in [-0.2, 0) is 15.5 Å². The molecule has 8 atom stereocenters. The van der Waals surface area contributed by atoms with Crippen molar-refractivity contribution >= 4 is 5.78 Å². The van der Waals surface area contributed by atoms with Crippen LogP contribution in [0.1, 0.15) is 98.8 Å². The summed E-state index contributed by atoms with van der Waals surface area (Å²) in [5.41, 5.74) is 0.870. The molecular weight excluding hydrogens is 552 g/mol. The molecule has 4 unspecified atom stereocenters. The van der Waals surface area contributed by atoms with E-state index in [0.29, 0.717) is 22.5 Å². The van der Waals surface area contributed by atoms with Gasteiger partial charge in [0.25, 0.3) is 0 Å². The quantitative estimate of drug-likeness (QED) is 0.296. The molecule has 0 aromatic carbocycles. The van der Waals surface area contributed by atoms with Gasteiger partial charge >= 0.3 is 72.1 Å². The summed E-state index contributed by atoms with van der Waals surface area (Å²) in [5, 5.41) is 51.5. The van der Waals surface area contributed by atoms with Crippen LogP contribution in [0.25, 0.3) is 0 Å². The Labute approximate surface area is 245 Å². The first kappa shape index (κ1) is 32.4. The van der Waals surface area contributed by atoms with Gasteiger partial charge in [0.05, 0.1) is 0 Å². The maximum atomic E-state index is 12.0. The Bertz CT molecular complexity index is 1230. The third-order valence-electron chi connectivity index (χ3n) is 11.4. The third kappa shape index (κ3) is 4.98. The number of fused-ring (bicyclic) bond motifs is 5. The van der Waals surface area contributed by atoms with Gasteiger partial charge in [-0.1, -0.05) is 60.0 Å². The van der Waals surface area contributed by atoms with Crippen LogP contribution >= 0.6 is 0 Å². The van der Waals surface area contributed by atoms with Crippen LogP contribution in [0.5, 0.6) is 0 Å². The van der Waals surface area contributed by atoms with E-state index in [0.717, 1.165) is 71.7 Å². The molecule has 0 bridgehead atoms. The Morgan fingerprint density at radius 3 is 1.93 bits per heavy atom.